The van der Waals surface area contributed by atoms with Gasteiger partial charge in [-0.25, -0.2) is 14.5 Å². The Morgan fingerprint density at radius 2 is 1.96 bits per heavy atom. The van der Waals surface area contributed by atoms with Crippen molar-refractivity contribution < 1.29 is 14.7 Å². The Hall–Kier alpha value is -3.48. The number of carbonyl (C=O) groups excluding carboxylic acids is 1. The number of benzene rings is 1. The molecule has 0 unspecified atom stereocenters. The minimum Gasteiger partial charge on any atom is -0.478 e. The molecule has 7 heteroatoms. The number of aromatic carboxylic acids is 1. The van der Waals surface area contributed by atoms with Crippen molar-refractivity contribution in [2.75, 3.05) is 0 Å². The molecule has 1 aromatic carbocycles. The highest BCUT2D eigenvalue weighted by Crippen LogP contribution is 2.10. The summed E-state index contributed by atoms with van der Waals surface area (Å²) in [5, 5.41) is 16.0. The smallest absolute Gasteiger partial charge is 0.335 e. The van der Waals surface area contributed by atoms with Crippen LogP contribution in [0.25, 0.3) is 5.82 Å². The lowest BCUT2D eigenvalue weighted by molar-refractivity contribution is -0.120. The normalized spacial score (nSPS) is 10.4. The number of pyridine rings is 1. The molecule has 3 rings (SSSR count). The van der Waals surface area contributed by atoms with E-state index in [-0.39, 0.29) is 17.9 Å². The quantitative estimate of drug-likeness (QED) is 0.716. The molecule has 0 saturated heterocycles. The number of nitrogens with zero attached hydrogens (tertiary/aromatic N) is 3. The Morgan fingerprint density at radius 1 is 1.12 bits per heavy atom. The van der Waals surface area contributed by atoms with E-state index < -0.39 is 5.97 Å². The highest BCUT2D eigenvalue weighted by atomic mass is 16.4. The Bertz CT molecular complexity index is 874. The van der Waals surface area contributed by atoms with Crippen LogP contribution in [-0.2, 0) is 17.8 Å². The van der Waals surface area contributed by atoms with Gasteiger partial charge in [-0.15, -0.1) is 0 Å². The molecular weight excluding hydrogens is 320 g/mol. The van der Waals surface area contributed by atoms with Gasteiger partial charge in [0.05, 0.1) is 12.0 Å². The number of carboxylic acid groups (broad SMARTS) is 1. The van der Waals surface area contributed by atoms with Gasteiger partial charge in [0.2, 0.25) is 5.91 Å². The lowest BCUT2D eigenvalue weighted by Gasteiger charge is -2.08. The first-order chi connectivity index (χ1) is 12.1. The fraction of sp³-hybridized carbons (Fsp3) is 0.111. The van der Waals surface area contributed by atoms with Crippen LogP contribution in [0.2, 0.25) is 0 Å². The van der Waals surface area contributed by atoms with E-state index in [0.717, 1.165) is 5.56 Å². The van der Waals surface area contributed by atoms with Crippen LogP contribution in [0.5, 0.6) is 0 Å². The van der Waals surface area contributed by atoms with Crippen LogP contribution in [0.1, 0.15) is 21.5 Å². The van der Waals surface area contributed by atoms with E-state index in [9.17, 15) is 9.59 Å². The summed E-state index contributed by atoms with van der Waals surface area (Å²) in [4.78, 5) is 27.5. The van der Waals surface area contributed by atoms with Crippen LogP contribution in [0.3, 0.4) is 0 Å². The average Bonchev–Trinajstić information content (AvgIpc) is 3.15. The summed E-state index contributed by atoms with van der Waals surface area (Å²) in [7, 11) is 0. The van der Waals surface area contributed by atoms with E-state index in [1.165, 1.54) is 6.07 Å². The number of amides is 1. The van der Waals surface area contributed by atoms with Crippen molar-refractivity contribution in [3.05, 3.63) is 77.7 Å². The third-order valence-corrected chi connectivity index (χ3v) is 3.64. The Morgan fingerprint density at radius 3 is 2.64 bits per heavy atom. The van der Waals surface area contributed by atoms with Gasteiger partial charge in [0, 0.05) is 25.1 Å². The highest BCUT2D eigenvalue weighted by molar-refractivity contribution is 5.91. The Balaban J connectivity index is 1.58. The maximum absolute atomic E-state index is 12.1. The average molecular weight is 336 g/mol. The van der Waals surface area contributed by atoms with Gasteiger partial charge in [0.15, 0.2) is 5.82 Å². The van der Waals surface area contributed by atoms with Crippen molar-refractivity contribution in [1.29, 1.82) is 0 Å². The van der Waals surface area contributed by atoms with Crippen molar-refractivity contribution in [1.82, 2.24) is 20.1 Å². The van der Waals surface area contributed by atoms with Gasteiger partial charge in [0.1, 0.15) is 0 Å². The molecule has 0 spiro atoms. The number of hydrogen-bond acceptors (Lipinski definition) is 4. The van der Waals surface area contributed by atoms with Gasteiger partial charge in [-0.1, -0.05) is 24.3 Å². The van der Waals surface area contributed by atoms with E-state index in [0.29, 0.717) is 17.9 Å². The minimum absolute atomic E-state index is 0.0152. The molecular formula is C18H16N4O3. The SMILES string of the molecule is O=C(Cc1ccccc1C(=O)O)NCc1ccc(-n2cccn2)nc1. The van der Waals surface area contributed by atoms with Crippen LogP contribution >= 0.6 is 0 Å². The molecule has 2 heterocycles. The summed E-state index contributed by atoms with van der Waals surface area (Å²) >= 11 is 0. The molecule has 126 valence electrons. The second-order valence-corrected chi connectivity index (χ2v) is 5.39. The molecule has 2 N–H and O–H groups in total. The molecule has 0 fully saturated rings. The number of nitrogens with one attached hydrogen (secondary N) is 1. The van der Waals surface area contributed by atoms with Gasteiger partial charge in [-0.05, 0) is 29.3 Å². The number of aromatic nitrogens is 3. The lowest BCUT2D eigenvalue weighted by atomic mass is 10.0. The molecule has 0 aliphatic carbocycles. The molecule has 0 radical (unpaired) electrons. The molecule has 2 aromatic heterocycles. The zero-order valence-electron chi connectivity index (χ0n) is 13.3. The summed E-state index contributed by atoms with van der Waals surface area (Å²) < 4.78 is 1.64. The zero-order valence-corrected chi connectivity index (χ0v) is 13.3. The molecule has 0 saturated carbocycles. The second kappa shape index (κ2) is 7.39. The molecule has 0 bridgehead atoms. The molecule has 7 nitrogen and oxygen atoms in total. The van der Waals surface area contributed by atoms with Crippen LogP contribution in [0, 0.1) is 0 Å². The molecule has 0 aliphatic rings. The van der Waals surface area contributed by atoms with Gasteiger partial charge < -0.3 is 10.4 Å². The summed E-state index contributed by atoms with van der Waals surface area (Å²) in [6.07, 6.45) is 5.15. The Kier molecular flexibility index (Phi) is 4.84. The van der Waals surface area contributed by atoms with Crippen molar-refractivity contribution in [3.8, 4) is 5.82 Å². The minimum atomic E-state index is -1.04. The Labute approximate surface area is 143 Å². The molecule has 25 heavy (non-hydrogen) atoms. The molecule has 1 amide bonds. The van der Waals surface area contributed by atoms with Crippen LogP contribution < -0.4 is 5.32 Å². The topological polar surface area (TPSA) is 97.1 Å². The standard InChI is InChI=1S/C18H16N4O3/c23-17(10-14-4-1-2-5-15(14)18(24)25)20-12-13-6-7-16(19-11-13)22-9-3-8-21-22/h1-9,11H,10,12H2,(H,20,23)(H,24,25). The van der Waals surface area contributed by atoms with Gasteiger partial charge >= 0.3 is 5.97 Å². The number of rotatable bonds is 6. The first-order valence-corrected chi connectivity index (χ1v) is 7.66. The van der Waals surface area contributed by atoms with Crippen LogP contribution in [-0.4, -0.2) is 31.7 Å². The lowest BCUT2D eigenvalue weighted by Crippen LogP contribution is -2.25. The van der Waals surface area contributed by atoms with E-state index in [1.807, 2.05) is 18.2 Å². The predicted molar refractivity (Wildman–Crippen MR) is 90.3 cm³/mol. The maximum Gasteiger partial charge on any atom is 0.335 e. The summed E-state index contributed by atoms with van der Waals surface area (Å²) in [6, 6.07) is 12.0. The van der Waals surface area contributed by atoms with Crippen molar-refractivity contribution in [3.63, 3.8) is 0 Å². The fourth-order valence-corrected chi connectivity index (χ4v) is 2.38. The highest BCUT2D eigenvalue weighted by Gasteiger charge is 2.12. The third kappa shape index (κ3) is 4.08. The predicted octanol–water partition coefficient (Wildman–Crippen LogP) is 1.82. The van der Waals surface area contributed by atoms with Crippen LogP contribution in [0.15, 0.2) is 61.1 Å². The van der Waals surface area contributed by atoms with E-state index in [2.05, 4.69) is 15.4 Å². The second-order valence-electron chi connectivity index (χ2n) is 5.39. The molecule has 0 atom stereocenters. The molecule has 3 aromatic rings. The number of carbonyl (C=O) groups is 2. The van der Waals surface area contributed by atoms with Gasteiger partial charge in [-0.3, -0.25) is 4.79 Å². The maximum atomic E-state index is 12.1. The first kappa shape index (κ1) is 16.4. The van der Waals surface area contributed by atoms with Crippen LogP contribution in [0.4, 0.5) is 0 Å². The largest absolute Gasteiger partial charge is 0.478 e. The summed E-state index contributed by atoms with van der Waals surface area (Å²) in [5.41, 5.74) is 1.47. The monoisotopic (exact) mass is 336 g/mol. The van der Waals surface area contributed by atoms with Gasteiger partial charge in [-0.2, -0.15) is 5.10 Å². The van der Waals surface area contributed by atoms with Crippen molar-refractivity contribution in [2.45, 2.75) is 13.0 Å². The van der Waals surface area contributed by atoms with E-state index in [1.54, 1.807) is 41.5 Å². The number of hydrogen-bond donors (Lipinski definition) is 2. The summed E-state index contributed by atoms with van der Waals surface area (Å²) in [6.45, 7) is 0.320. The zero-order chi connectivity index (χ0) is 17.6. The first-order valence-electron chi connectivity index (χ1n) is 7.66. The van der Waals surface area contributed by atoms with E-state index >= 15 is 0 Å². The van der Waals surface area contributed by atoms with Gasteiger partial charge in [0.25, 0.3) is 0 Å². The molecule has 0 aliphatic heterocycles. The summed E-state index contributed by atoms with van der Waals surface area (Å²) in [5.74, 6) is -0.595. The number of carboxylic acids is 1. The third-order valence-electron chi connectivity index (χ3n) is 3.64. The van der Waals surface area contributed by atoms with Crippen molar-refractivity contribution >= 4 is 11.9 Å². The van der Waals surface area contributed by atoms with E-state index in [4.69, 9.17) is 5.11 Å². The fourth-order valence-electron chi connectivity index (χ4n) is 2.38. The van der Waals surface area contributed by atoms with Crippen molar-refractivity contribution in [2.24, 2.45) is 0 Å².